The van der Waals surface area contributed by atoms with Crippen LogP contribution in [0.15, 0.2) is 48.5 Å². The molecule has 2 aromatic rings. The van der Waals surface area contributed by atoms with E-state index in [0.717, 1.165) is 36.8 Å². The van der Waals surface area contributed by atoms with Crippen LogP contribution < -0.4 is 10.2 Å². The number of rotatable bonds is 2. The van der Waals surface area contributed by atoms with Gasteiger partial charge in [-0.15, -0.1) is 0 Å². The Hall–Kier alpha value is -1.22. The van der Waals surface area contributed by atoms with Crippen LogP contribution in [0.1, 0.15) is 18.0 Å². The molecule has 1 aliphatic rings. The van der Waals surface area contributed by atoms with Crippen molar-refractivity contribution in [3.63, 3.8) is 0 Å². The second-order valence-electron chi connectivity index (χ2n) is 5.31. The molecule has 0 saturated carbocycles. The van der Waals surface area contributed by atoms with Crippen LogP contribution in [0.2, 0.25) is 10.0 Å². The smallest absolute Gasteiger partial charge is 0.0654 e. The third-order valence-corrected chi connectivity index (χ3v) is 4.39. The van der Waals surface area contributed by atoms with E-state index in [-0.39, 0.29) is 0 Å². The fraction of sp³-hybridized carbons (Fsp3) is 0.294. The molecule has 0 bridgehead atoms. The van der Waals surface area contributed by atoms with Gasteiger partial charge in [0.05, 0.1) is 10.7 Å². The molecule has 0 aliphatic carbocycles. The van der Waals surface area contributed by atoms with Crippen molar-refractivity contribution in [1.82, 2.24) is 5.32 Å². The molecule has 2 aromatic carbocycles. The van der Waals surface area contributed by atoms with E-state index < -0.39 is 0 Å². The number of halogens is 2. The molecule has 1 atom stereocenters. The van der Waals surface area contributed by atoms with E-state index in [0.29, 0.717) is 11.1 Å². The Bertz CT molecular complexity index is 601. The van der Waals surface area contributed by atoms with Gasteiger partial charge in [-0.05, 0) is 36.7 Å². The monoisotopic (exact) mass is 320 g/mol. The second-order valence-corrected chi connectivity index (χ2v) is 6.16. The second kappa shape index (κ2) is 6.69. The largest absolute Gasteiger partial charge is 0.368 e. The predicted octanol–water partition coefficient (Wildman–Crippen LogP) is 4.53. The summed E-state index contributed by atoms with van der Waals surface area (Å²) in [6.07, 6.45) is 1.10. The zero-order chi connectivity index (χ0) is 14.7. The van der Waals surface area contributed by atoms with E-state index in [9.17, 15) is 0 Å². The first-order chi connectivity index (χ1) is 10.2. The highest BCUT2D eigenvalue weighted by Crippen LogP contribution is 2.31. The van der Waals surface area contributed by atoms with Crippen LogP contribution in [-0.4, -0.2) is 19.6 Å². The van der Waals surface area contributed by atoms with Crippen molar-refractivity contribution < 1.29 is 0 Å². The van der Waals surface area contributed by atoms with Gasteiger partial charge in [0.2, 0.25) is 0 Å². The van der Waals surface area contributed by atoms with Gasteiger partial charge in [0.15, 0.2) is 0 Å². The molecule has 0 radical (unpaired) electrons. The molecule has 1 fully saturated rings. The fourth-order valence-electron chi connectivity index (χ4n) is 2.79. The quantitative estimate of drug-likeness (QED) is 0.874. The van der Waals surface area contributed by atoms with Crippen LogP contribution in [-0.2, 0) is 0 Å². The summed E-state index contributed by atoms with van der Waals surface area (Å²) < 4.78 is 0. The van der Waals surface area contributed by atoms with E-state index in [1.54, 1.807) is 0 Å². The third-order valence-electron chi connectivity index (χ3n) is 3.85. The molecule has 2 nitrogen and oxygen atoms in total. The van der Waals surface area contributed by atoms with Crippen LogP contribution >= 0.6 is 23.2 Å². The molecular formula is C17H18Cl2N2. The number of hydrogen-bond acceptors (Lipinski definition) is 2. The SMILES string of the molecule is Clc1ccc(N2CCCNC(c3ccccc3)C2)c(Cl)c1. The third kappa shape index (κ3) is 3.52. The van der Waals surface area contributed by atoms with Crippen LogP contribution in [0.4, 0.5) is 5.69 Å². The van der Waals surface area contributed by atoms with Crippen molar-refractivity contribution in [1.29, 1.82) is 0 Å². The minimum absolute atomic E-state index is 0.320. The standard InChI is InChI=1S/C17H18Cl2N2/c18-14-7-8-17(15(19)11-14)21-10-4-9-20-16(12-21)13-5-2-1-3-6-13/h1-3,5-8,11,16,20H,4,9-10,12H2. The van der Waals surface area contributed by atoms with Gasteiger partial charge in [-0.25, -0.2) is 0 Å². The summed E-state index contributed by atoms with van der Waals surface area (Å²) in [7, 11) is 0. The first-order valence-electron chi connectivity index (χ1n) is 7.22. The summed E-state index contributed by atoms with van der Waals surface area (Å²) in [4.78, 5) is 2.34. The molecule has 4 heteroatoms. The predicted molar refractivity (Wildman–Crippen MR) is 90.5 cm³/mol. The number of nitrogens with zero attached hydrogens (tertiary/aromatic N) is 1. The average Bonchev–Trinajstić information content (AvgIpc) is 2.74. The summed E-state index contributed by atoms with van der Waals surface area (Å²) in [6.45, 7) is 2.92. The molecule has 1 unspecified atom stereocenters. The molecule has 1 N–H and O–H groups in total. The van der Waals surface area contributed by atoms with Crippen molar-refractivity contribution >= 4 is 28.9 Å². The minimum atomic E-state index is 0.320. The van der Waals surface area contributed by atoms with Gasteiger partial charge in [0.25, 0.3) is 0 Å². The minimum Gasteiger partial charge on any atom is -0.368 e. The zero-order valence-corrected chi connectivity index (χ0v) is 13.2. The maximum Gasteiger partial charge on any atom is 0.0654 e. The molecule has 3 rings (SSSR count). The molecule has 0 spiro atoms. The summed E-state index contributed by atoms with van der Waals surface area (Å²) >= 11 is 12.4. The molecular weight excluding hydrogens is 303 g/mol. The van der Waals surface area contributed by atoms with Gasteiger partial charge in [0, 0.05) is 24.2 Å². The van der Waals surface area contributed by atoms with Crippen LogP contribution in [0.5, 0.6) is 0 Å². The van der Waals surface area contributed by atoms with Gasteiger partial charge < -0.3 is 10.2 Å². The topological polar surface area (TPSA) is 15.3 Å². The first-order valence-corrected chi connectivity index (χ1v) is 7.98. The van der Waals surface area contributed by atoms with Crippen molar-refractivity contribution in [2.45, 2.75) is 12.5 Å². The lowest BCUT2D eigenvalue weighted by atomic mass is 10.1. The number of benzene rings is 2. The van der Waals surface area contributed by atoms with E-state index in [1.807, 2.05) is 24.3 Å². The molecule has 0 amide bonds. The maximum absolute atomic E-state index is 6.36. The van der Waals surface area contributed by atoms with Crippen LogP contribution in [0.3, 0.4) is 0 Å². The Kier molecular flexibility index (Phi) is 4.69. The lowest BCUT2D eigenvalue weighted by Crippen LogP contribution is -2.31. The van der Waals surface area contributed by atoms with E-state index >= 15 is 0 Å². The van der Waals surface area contributed by atoms with E-state index in [2.05, 4.69) is 34.5 Å². The lowest BCUT2D eigenvalue weighted by molar-refractivity contribution is 0.570. The molecule has 1 saturated heterocycles. The highest BCUT2D eigenvalue weighted by atomic mass is 35.5. The summed E-state index contributed by atoms with van der Waals surface area (Å²) in [5.74, 6) is 0. The summed E-state index contributed by atoms with van der Waals surface area (Å²) in [5, 5.41) is 5.01. The highest BCUT2D eigenvalue weighted by molar-refractivity contribution is 6.36. The molecule has 1 aliphatic heterocycles. The van der Waals surface area contributed by atoms with Gasteiger partial charge in [-0.1, -0.05) is 53.5 Å². The van der Waals surface area contributed by atoms with Crippen molar-refractivity contribution in [3.8, 4) is 0 Å². The van der Waals surface area contributed by atoms with Gasteiger partial charge in [0.1, 0.15) is 0 Å². The lowest BCUT2D eigenvalue weighted by Gasteiger charge is -2.27. The summed E-state index contributed by atoms with van der Waals surface area (Å²) in [5.41, 5.74) is 2.38. The Morgan fingerprint density at radius 1 is 1.05 bits per heavy atom. The molecule has 1 heterocycles. The maximum atomic E-state index is 6.36. The van der Waals surface area contributed by atoms with Crippen molar-refractivity contribution in [2.24, 2.45) is 0 Å². The summed E-state index contributed by atoms with van der Waals surface area (Å²) in [6, 6.07) is 16.6. The number of nitrogens with one attached hydrogen (secondary N) is 1. The van der Waals surface area contributed by atoms with Crippen LogP contribution in [0.25, 0.3) is 0 Å². The Morgan fingerprint density at radius 3 is 2.62 bits per heavy atom. The average molecular weight is 321 g/mol. The van der Waals surface area contributed by atoms with Crippen molar-refractivity contribution in [3.05, 3.63) is 64.1 Å². The molecule has 0 aromatic heterocycles. The van der Waals surface area contributed by atoms with Crippen LogP contribution in [0, 0.1) is 0 Å². The van der Waals surface area contributed by atoms with Crippen molar-refractivity contribution in [2.75, 3.05) is 24.5 Å². The normalized spacial score (nSPS) is 19.3. The number of hydrogen-bond donors (Lipinski definition) is 1. The highest BCUT2D eigenvalue weighted by Gasteiger charge is 2.20. The van der Waals surface area contributed by atoms with Gasteiger partial charge >= 0.3 is 0 Å². The Labute approximate surface area is 135 Å². The molecule has 110 valence electrons. The molecule has 21 heavy (non-hydrogen) atoms. The van der Waals surface area contributed by atoms with E-state index in [4.69, 9.17) is 23.2 Å². The number of anilines is 1. The fourth-order valence-corrected chi connectivity index (χ4v) is 3.32. The van der Waals surface area contributed by atoms with Gasteiger partial charge in [-0.2, -0.15) is 0 Å². The first kappa shape index (κ1) is 14.7. The zero-order valence-electron chi connectivity index (χ0n) is 11.7. The Balaban J connectivity index is 1.85. The van der Waals surface area contributed by atoms with Gasteiger partial charge in [-0.3, -0.25) is 0 Å². The van der Waals surface area contributed by atoms with E-state index in [1.165, 1.54) is 5.56 Å². The Morgan fingerprint density at radius 2 is 1.86 bits per heavy atom.